The van der Waals surface area contributed by atoms with E-state index in [2.05, 4.69) is 0 Å². The molecule has 0 aliphatic heterocycles. The lowest BCUT2D eigenvalue weighted by molar-refractivity contribution is -0.139. The van der Waals surface area contributed by atoms with Crippen molar-refractivity contribution in [1.29, 1.82) is 0 Å². The third-order valence-corrected chi connectivity index (χ3v) is 3.01. The minimum atomic E-state index is -4.39. The molecule has 1 aliphatic rings. The molecule has 0 radical (unpaired) electrons. The first-order chi connectivity index (χ1) is 8.38. The standard InChI is InChI=1S/C13H16F3NO/c1-8(17)10-4-5-11(13(14,15)16)12(6-10)18-7-9-2-3-9/h4-6,8-9H,2-3,7,17H2,1H3. The van der Waals surface area contributed by atoms with Crippen LogP contribution in [0.5, 0.6) is 5.75 Å². The number of benzene rings is 1. The lowest BCUT2D eigenvalue weighted by Gasteiger charge is -2.16. The first-order valence-corrected chi connectivity index (χ1v) is 5.97. The number of hydrogen-bond donors (Lipinski definition) is 1. The average Bonchev–Trinajstić information content (AvgIpc) is 3.08. The molecule has 0 amide bonds. The number of hydrogen-bond acceptors (Lipinski definition) is 2. The molecule has 1 aromatic rings. The van der Waals surface area contributed by atoms with Crippen molar-refractivity contribution < 1.29 is 17.9 Å². The molecule has 2 rings (SSSR count). The fraction of sp³-hybridized carbons (Fsp3) is 0.538. The molecule has 0 heterocycles. The lowest BCUT2D eigenvalue weighted by atomic mass is 10.1. The van der Waals surface area contributed by atoms with Crippen LogP contribution in [0.1, 0.15) is 36.9 Å². The molecule has 0 bridgehead atoms. The number of alkyl halides is 3. The van der Waals surface area contributed by atoms with Crippen molar-refractivity contribution in [2.24, 2.45) is 11.7 Å². The Morgan fingerprint density at radius 3 is 2.56 bits per heavy atom. The Morgan fingerprint density at radius 1 is 1.39 bits per heavy atom. The van der Waals surface area contributed by atoms with Crippen LogP contribution in [-0.2, 0) is 6.18 Å². The molecule has 1 aromatic carbocycles. The highest BCUT2D eigenvalue weighted by Gasteiger charge is 2.35. The number of ether oxygens (including phenoxy) is 1. The van der Waals surface area contributed by atoms with Gasteiger partial charge in [0.05, 0.1) is 12.2 Å². The van der Waals surface area contributed by atoms with Crippen molar-refractivity contribution >= 4 is 0 Å². The van der Waals surface area contributed by atoms with Gasteiger partial charge in [0.2, 0.25) is 0 Å². The maximum absolute atomic E-state index is 12.8. The molecule has 1 saturated carbocycles. The molecule has 0 aromatic heterocycles. The topological polar surface area (TPSA) is 35.2 Å². The second-order valence-electron chi connectivity index (χ2n) is 4.80. The van der Waals surface area contributed by atoms with Crippen molar-refractivity contribution in [3.05, 3.63) is 29.3 Å². The zero-order valence-corrected chi connectivity index (χ0v) is 10.1. The van der Waals surface area contributed by atoms with Gasteiger partial charge < -0.3 is 10.5 Å². The van der Waals surface area contributed by atoms with E-state index < -0.39 is 11.7 Å². The Hall–Kier alpha value is -1.23. The summed E-state index contributed by atoms with van der Waals surface area (Å²) in [7, 11) is 0. The summed E-state index contributed by atoms with van der Waals surface area (Å²) in [6.45, 7) is 2.08. The summed E-state index contributed by atoms with van der Waals surface area (Å²) >= 11 is 0. The van der Waals surface area contributed by atoms with E-state index in [0.29, 0.717) is 18.1 Å². The minimum Gasteiger partial charge on any atom is -0.493 e. The van der Waals surface area contributed by atoms with Crippen molar-refractivity contribution in [3.8, 4) is 5.75 Å². The highest BCUT2D eigenvalue weighted by atomic mass is 19.4. The first kappa shape index (κ1) is 13.2. The van der Waals surface area contributed by atoms with E-state index in [9.17, 15) is 13.2 Å². The van der Waals surface area contributed by atoms with Crippen LogP contribution in [0.25, 0.3) is 0 Å². The minimum absolute atomic E-state index is 0.107. The predicted octanol–water partition coefficient (Wildman–Crippen LogP) is 3.51. The van der Waals surface area contributed by atoms with Gasteiger partial charge in [0.25, 0.3) is 0 Å². The molecule has 18 heavy (non-hydrogen) atoms. The van der Waals surface area contributed by atoms with Gasteiger partial charge in [-0.05, 0) is 43.4 Å². The van der Waals surface area contributed by atoms with Gasteiger partial charge in [-0.15, -0.1) is 0 Å². The zero-order valence-electron chi connectivity index (χ0n) is 10.1. The van der Waals surface area contributed by atoms with Crippen LogP contribution in [0.15, 0.2) is 18.2 Å². The summed E-state index contributed by atoms with van der Waals surface area (Å²) in [5, 5.41) is 0. The Morgan fingerprint density at radius 2 is 2.06 bits per heavy atom. The summed E-state index contributed by atoms with van der Waals surface area (Å²) in [5.74, 6) is 0.300. The second kappa shape index (κ2) is 4.80. The molecule has 5 heteroatoms. The molecule has 1 unspecified atom stereocenters. The van der Waals surface area contributed by atoms with E-state index in [-0.39, 0.29) is 11.8 Å². The van der Waals surface area contributed by atoms with E-state index in [4.69, 9.17) is 10.5 Å². The first-order valence-electron chi connectivity index (χ1n) is 5.97. The summed E-state index contributed by atoms with van der Waals surface area (Å²) in [6, 6.07) is 3.53. The molecule has 1 fully saturated rings. The zero-order chi connectivity index (χ0) is 13.3. The Labute approximate surface area is 104 Å². The predicted molar refractivity (Wildman–Crippen MR) is 62.3 cm³/mol. The van der Waals surface area contributed by atoms with Crippen LogP contribution in [0.3, 0.4) is 0 Å². The molecule has 100 valence electrons. The van der Waals surface area contributed by atoms with Gasteiger partial charge in [-0.1, -0.05) is 6.07 Å². The Balaban J connectivity index is 2.26. The van der Waals surface area contributed by atoms with E-state index in [1.54, 1.807) is 6.92 Å². The van der Waals surface area contributed by atoms with Gasteiger partial charge in [0.1, 0.15) is 5.75 Å². The summed E-state index contributed by atoms with van der Waals surface area (Å²) < 4.78 is 43.7. The lowest BCUT2D eigenvalue weighted by Crippen LogP contribution is -2.12. The van der Waals surface area contributed by atoms with Crippen LogP contribution in [0, 0.1) is 5.92 Å². The molecule has 2 nitrogen and oxygen atoms in total. The Bertz CT molecular complexity index is 425. The van der Waals surface area contributed by atoms with E-state index in [1.807, 2.05) is 0 Å². The van der Waals surface area contributed by atoms with Crippen LogP contribution >= 0.6 is 0 Å². The summed E-state index contributed by atoms with van der Waals surface area (Å²) in [4.78, 5) is 0. The Kier molecular flexibility index (Phi) is 3.52. The smallest absolute Gasteiger partial charge is 0.419 e. The third-order valence-electron chi connectivity index (χ3n) is 3.01. The van der Waals surface area contributed by atoms with Crippen molar-refractivity contribution in [1.82, 2.24) is 0 Å². The quantitative estimate of drug-likeness (QED) is 0.898. The van der Waals surface area contributed by atoms with Crippen LogP contribution < -0.4 is 10.5 Å². The van der Waals surface area contributed by atoms with E-state index >= 15 is 0 Å². The van der Waals surface area contributed by atoms with Crippen molar-refractivity contribution in [2.45, 2.75) is 32.0 Å². The number of halogens is 3. The SMILES string of the molecule is CC(N)c1ccc(C(F)(F)F)c(OCC2CC2)c1. The molecule has 1 atom stereocenters. The van der Waals surface area contributed by atoms with Gasteiger partial charge in [-0.2, -0.15) is 13.2 Å². The van der Waals surface area contributed by atoms with E-state index in [1.165, 1.54) is 12.1 Å². The third kappa shape index (κ3) is 3.16. The molecular formula is C13H16F3NO. The fourth-order valence-electron chi connectivity index (χ4n) is 1.67. The van der Waals surface area contributed by atoms with Gasteiger partial charge in [-0.3, -0.25) is 0 Å². The van der Waals surface area contributed by atoms with E-state index in [0.717, 1.165) is 18.9 Å². The van der Waals surface area contributed by atoms with Crippen LogP contribution in [0.2, 0.25) is 0 Å². The summed E-state index contributed by atoms with van der Waals surface area (Å²) in [5.41, 5.74) is 5.59. The number of nitrogens with two attached hydrogens (primary N) is 1. The van der Waals surface area contributed by atoms with Gasteiger partial charge in [0, 0.05) is 6.04 Å². The molecule has 2 N–H and O–H groups in total. The molecule has 0 saturated heterocycles. The van der Waals surface area contributed by atoms with Gasteiger partial charge >= 0.3 is 6.18 Å². The van der Waals surface area contributed by atoms with Crippen LogP contribution in [0.4, 0.5) is 13.2 Å². The highest BCUT2D eigenvalue weighted by Crippen LogP contribution is 2.38. The largest absolute Gasteiger partial charge is 0.493 e. The molecule has 0 spiro atoms. The van der Waals surface area contributed by atoms with Crippen LogP contribution in [-0.4, -0.2) is 6.61 Å². The summed E-state index contributed by atoms with van der Waals surface area (Å²) in [6.07, 6.45) is -2.32. The normalized spacial score (nSPS) is 17.6. The number of rotatable bonds is 4. The second-order valence-corrected chi connectivity index (χ2v) is 4.80. The maximum atomic E-state index is 12.8. The van der Waals surface area contributed by atoms with Gasteiger partial charge in [0.15, 0.2) is 0 Å². The highest BCUT2D eigenvalue weighted by molar-refractivity contribution is 5.40. The van der Waals surface area contributed by atoms with Crippen molar-refractivity contribution in [2.75, 3.05) is 6.61 Å². The van der Waals surface area contributed by atoms with Crippen molar-refractivity contribution in [3.63, 3.8) is 0 Å². The molecule has 1 aliphatic carbocycles. The maximum Gasteiger partial charge on any atom is 0.419 e. The molecular weight excluding hydrogens is 243 g/mol. The van der Waals surface area contributed by atoms with Gasteiger partial charge in [-0.25, -0.2) is 0 Å². The average molecular weight is 259 g/mol. The fourth-order valence-corrected chi connectivity index (χ4v) is 1.67. The monoisotopic (exact) mass is 259 g/mol.